The van der Waals surface area contributed by atoms with Crippen molar-refractivity contribution in [3.05, 3.63) is 124 Å². The lowest BCUT2D eigenvalue weighted by Gasteiger charge is -2.31. The Hall–Kier alpha value is -2.93. The molecule has 4 aromatic rings. The van der Waals surface area contributed by atoms with Gasteiger partial charge in [0.2, 0.25) is 0 Å². The zero-order valence-corrected chi connectivity index (χ0v) is 21.0. The Balaban J connectivity index is 1.64. The van der Waals surface area contributed by atoms with E-state index in [1.54, 1.807) is 22.8 Å². The topological polar surface area (TPSA) is 54.6 Å². The zero-order chi connectivity index (χ0) is 23.4. The first-order valence-corrected chi connectivity index (χ1v) is 12.9. The van der Waals surface area contributed by atoms with Crippen LogP contribution in [-0.4, -0.2) is 9.67 Å². The summed E-state index contributed by atoms with van der Waals surface area (Å²) >= 11 is 11.4. The Kier molecular flexibility index (Phi) is 5.32. The third kappa shape index (κ3) is 3.49. The number of rotatable bonds is 2. The Labute approximate surface area is 212 Å². The summed E-state index contributed by atoms with van der Waals surface area (Å²) in [4.78, 5) is 19.4. The summed E-state index contributed by atoms with van der Waals surface area (Å²) in [5, 5.41) is 10.5. The van der Waals surface area contributed by atoms with Crippen LogP contribution in [0.1, 0.15) is 34.7 Å². The summed E-state index contributed by atoms with van der Waals surface area (Å²) in [6, 6.07) is 21.0. The van der Waals surface area contributed by atoms with Crippen LogP contribution in [0.25, 0.3) is 11.8 Å². The molecular weight excluding hydrogens is 532 g/mol. The Bertz CT molecular complexity index is 1690. The van der Waals surface area contributed by atoms with Crippen LogP contribution >= 0.6 is 38.9 Å². The predicted molar refractivity (Wildman–Crippen MR) is 140 cm³/mol. The van der Waals surface area contributed by atoms with Crippen molar-refractivity contribution in [1.82, 2.24) is 4.57 Å². The summed E-state index contributed by atoms with van der Waals surface area (Å²) in [6.45, 7) is 0. The van der Waals surface area contributed by atoms with Crippen LogP contribution in [-0.2, 0) is 6.42 Å². The molecule has 0 spiro atoms. The van der Waals surface area contributed by atoms with Crippen LogP contribution in [0.4, 0.5) is 0 Å². The van der Waals surface area contributed by atoms with Gasteiger partial charge in [-0.25, -0.2) is 4.99 Å². The molecule has 1 atom stereocenters. The molecule has 4 nitrogen and oxygen atoms in total. The molecule has 1 N–H and O–H groups in total. The molecule has 2 heterocycles. The molecule has 3 aromatic carbocycles. The molecule has 0 fully saturated rings. The lowest BCUT2D eigenvalue weighted by atomic mass is 9.83. The van der Waals surface area contributed by atoms with E-state index in [0.717, 1.165) is 40.8 Å². The van der Waals surface area contributed by atoms with E-state index in [1.165, 1.54) is 16.9 Å². The number of phenols is 1. The first kappa shape index (κ1) is 21.6. The van der Waals surface area contributed by atoms with Crippen molar-refractivity contribution in [2.45, 2.75) is 18.9 Å². The van der Waals surface area contributed by atoms with E-state index < -0.39 is 0 Å². The van der Waals surface area contributed by atoms with E-state index in [-0.39, 0.29) is 17.4 Å². The standard InChI is InChI=1S/C27H18BrClN2O2S/c28-20-13-15(9-12-22(20)32)14-23-26(33)31-25(18-7-3-4-8-21(18)29)19-11-10-16-5-1-2-6-17(16)24(19)30-27(31)34-23/h1-9,12-14,25,32H,10-11H2/b23-14+. The second-order valence-corrected chi connectivity index (χ2v) is 10.6. The predicted octanol–water partition coefficient (Wildman–Crippen LogP) is 5.44. The van der Waals surface area contributed by atoms with Gasteiger partial charge in [-0.05, 0) is 75.3 Å². The smallest absolute Gasteiger partial charge is 0.271 e. The number of allylic oxidation sites excluding steroid dienone is 1. The molecule has 7 heteroatoms. The van der Waals surface area contributed by atoms with Gasteiger partial charge in [0.25, 0.3) is 5.56 Å². The molecule has 1 aliphatic heterocycles. The average molecular weight is 550 g/mol. The van der Waals surface area contributed by atoms with Crippen molar-refractivity contribution >= 4 is 50.6 Å². The molecule has 2 aliphatic rings. The number of phenolic OH excluding ortho intramolecular Hbond substituents is 1. The monoisotopic (exact) mass is 548 g/mol. The number of aromatic hydroxyl groups is 1. The first-order valence-electron chi connectivity index (χ1n) is 10.9. The van der Waals surface area contributed by atoms with E-state index in [9.17, 15) is 9.90 Å². The number of nitrogens with zero attached hydrogens (tertiary/aromatic N) is 2. The fraction of sp³-hybridized carbons (Fsp3) is 0.111. The van der Waals surface area contributed by atoms with E-state index in [4.69, 9.17) is 16.6 Å². The molecule has 1 unspecified atom stereocenters. The van der Waals surface area contributed by atoms with Crippen LogP contribution in [0.2, 0.25) is 5.02 Å². The van der Waals surface area contributed by atoms with Crippen molar-refractivity contribution in [2.75, 3.05) is 0 Å². The normalized spacial score (nSPS) is 17.1. The second kappa shape index (κ2) is 8.38. The molecule has 0 radical (unpaired) electrons. The number of aryl methyl sites for hydroxylation is 1. The van der Waals surface area contributed by atoms with Crippen LogP contribution in [0.5, 0.6) is 5.75 Å². The average Bonchev–Trinajstić information content (AvgIpc) is 3.15. The van der Waals surface area contributed by atoms with E-state index >= 15 is 0 Å². The van der Waals surface area contributed by atoms with Crippen molar-refractivity contribution in [3.63, 3.8) is 0 Å². The molecule has 0 amide bonds. The lowest BCUT2D eigenvalue weighted by molar-refractivity contribution is 0.472. The third-order valence-corrected chi connectivity index (χ3v) is 8.30. The molecule has 0 bridgehead atoms. The van der Waals surface area contributed by atoms with Gasteiger partial charge in [0.15, 0.2) is 4.80 Å². The summed E-state index contributed by atoms with van der Waals surface area (Å²) in [7, 11) is 0. The molecule has 168 valence electrons. The molecule has 6 rings (SSSR count). The van der Waals surface area contributed by atoms with Crippen molar-refractivity contribution in [1.29, 1.82) is 0 Å². The highest BCUT2D eigenvalue weighted by Crippen LogP contribution is 2.42. The number of aromatic nitrogens is 1. The maximum atomic E-state index is 13.7. The van der Waals surface area contributed by atoms with Gasteiger partial charge in [-0.15, -0.1) is 0 Å². The maximum Gasteiger partial charge on any atom is 0.271 e. The number of fused-ring (bicyclic) bond motifs is 3. The number of hydrogen-bond donors (Lipinski definition) is 1. The van der Waals surface area contributed by atoms with Crippen LogP contribution in [0.3, 0.4) is 0 Å². The molecule has 1 aromatic heterocycles. The largest absolute Gasteiger partial charge is 0.507 e. The van der Waals surface area contributed by atoms with Crippen molar-refractivity contribution in [3.8, 4) is 5.75 Å². The van der Waals surface area contributed by atoms with Gasteiger partial charge in [-0.3, -0.25) is 9.36 Å². The van der Waals surface area contributed by atoms with E-state index in [1.807, 2.05) is 36.4 Å². The SMILES string of the molecule is O=c1/c(=C\c2ccc(O)c(Br)c2)sc2n1C(c1ccccc1Cl)C1=C(N=2)c2ccccc2CC1. The highest BCUT2D eigenvalue weighted by molar-refractivity contribution is 9.10. The minimum atomic E-state index is -0.304. The van der Waals surface area contributed by atoms with Crippen molar-refractivity contribution in [2.24, 2.45) is 4.99 Å². The molecule has 0 saturated carbocycles. The molecule has 0 saturated heterocycles. The highest BCUT2D eigenvalue weighted by Gasteiger charge is 2.33. The number of benzene rings is 3. The summed E-state index contributed by atoms with van der Waals surface area (Å²) in [5.41, 5.74) is 6.11. The molecule has 1 aliphatic carbocycles. The minimum Gasteiger partial charge on any atom is -0.507 e. The van der Waals surface area contributed by atoms with Gasteiger partial charge in [-0.2, -0.15) is 0 Å². The van der Waals surface area contributed by atoms with Gasteiger partial charge in [0, 0.05) is 10.6 Å². The highest BCUT2D eigenvalue weighted by atomic mass is 79.9. The van der Waals surface area contributed by atoms with Crippen LogP contribution in [0, 0.1) is 0 Å². The third-order valence-electron chi connectivity index (χ3n) is 6.34. The van der Waals surface area contributed by atoms with Crippen LogP contribution in [0.15, 0.2) is 86.6 Å². The quantitative estimate of drug-likeness (QED) is 0.362. The molecule has 34 heavy (non-hydrogen) atoms. The van der Waals surface area contributed by atoms with E-state index in [0.29, 0.717) is 18.8 Å². The zero-order valence-electron chi connectivity index (χ0n) is 17.8. The summed E-state index contributed by atoms with van der Waals surface area (Å²) < 4.78 is 2.96. The Morgan fingerprint density at radius 2 is 1.88 bits per heavy atom. The first-order chi connectivity index (χ1) is 16.5. The van der Waals surface area contributed by atoms with Gasteiger partial charge in [0.05, 0.1) is 20.7 Å². The second-order valence-electron chi connectivity index (χ2n) is 8.35. The van der Waals surface area contributed by atoms with Gasteiger partial charge < -0.3 is 5.11 Å². The lowest BCUT2D eigenvalue weighted by Crippen LogP contribution is -2.38. The number of thiazole rings is 1. The fourth-order valence-electron chi connectivity index (χ4n) is 4.76. The molecular formula is C27H18BrClN2O2S. The fourth-order valence-corrected chi connectivity index (χ4v) is 6.40. The van der Waals surface area contributed by atoms with Gasteiger partial charge >= 0.3 is 0 Å². The maximum absolute atomic E-state index is 13.7. The Morgan fingerprint density at radius 1 is 1.09 bits per heavy atom. The minimum absolute atomic E-state index is 0.0942. The summed E-state index contributed by atoms with van der Waals surface area (Å²) in [6.07, 6.45) is 3.56. The number of halogens is 2. The van der Waals surface area contributed by atoms with Gasteiger partial charge in [-0.1, -0.05) is 71.5 Å². The van der Waals surface area contributed by atoms with Crippen molar-refractivity contribution < 1.29 is 5.11 Å². The van der Waals surface area contributed by atoms with E-state index in [2.05, 4.69) is 34.1 Å². The van der Waals surface area contributed by atoms with Gasteiger partial charge in [0.1, 0.15) is 5.75 Å². The summed E-state index contributed by atoms with van der Waals surface area (Å²) in [5.74, 6) is 0.156. The number of hydrogen-bond acceptors (Lipinski definition) is 4. The van der Waals surface area contributed by atoms with Crippen LogP contribution < -0.4 is 14.9 Å². The Morgan fingerprint density at radius 3 is 2.71 bits per heavy atom.